The van der Waals surface area contributed by atoms with E-state index in [4.69, 9.17) is 4.74 Å². The van der Waals surface area contributed by atoms with Crippen molar-refractivity contribution < 1.29 is 9.13 Å². The van der Waals surface area contributed by atoms with Crippen LogP contribution in [0.15, 0.2) is 12.1 Å². The lowest BCUT2D eigenvalue weighted by Gasteiger charge is -2.26. The number of benzene rings is 1. The molecule has 18 heavy (non-hydrogen) atoms. The van der Waals surface area contributed by atoms with Gasteiger partial charge in [0.05, 0.1) is 6.61 Å². The van der Waals surface area contributed by atoms with Gasteiger partial charge in [0.15, 0.2) is 11.6 Å². The smallest absolute Gasteiger partial charge is 0.165 e. The second-order valence-corrected chi connectivity index (χ2v) is 4.92. The molecule has 0 spiro atoms. The molecule has 3 heteroatoms. The summed E-state index contributed by atoms with van der Waals surface area (Å²) in [6, 6.07) is 6.04. The van der Waals surface area contributed by atoms with Crippen LogP contribution in [0.3, 0.4) is 0 Å². The fraction of sp³-hybridized carbons (Fsp3) is 0.600. The number of hydrogen-bond acceptors (Lipinski definition) is 2. The molecule has 0 saturated carbocycles. The van der Waals surface area contributed by atoms with Gasteiger partial charge >= 0.3 is 0 Å². The first-order valence-electron chi connectivity index (χ1n) is 6.79. The van der Waals surface area contributed by atoms with Crippen molar-refractivity contribution in [2.75, 3.05) is 26.2 Å². The molecule has 1 saturated heterocycles. The minimum Gasteiger partial charge on any atom is -0.490 e. The Morgan fingerprint density at radius 3 is 2.83 bits per heavy atom. The van der Waals surface area contributed by atoms with Gasteiger partial charge in [0.25, 0.3) is 0 Å². The van der Waals surface area contributed by atoms with Crippen molar-refractivity contribution in [3.63, 3.8) is 0 Å². The van der Waals surface area contributed by atoms with Crippen LogP contribution in [0.25, 0.3) is 0 Å². The SMILES string of the molecule is Cc1[c]c(OCCCN2CCCCC2)c(F)cc1. The molecule has 1 aromatic rings. The van der Waals surface area contributed by atoms with Gasteiger partial charge in [-0.05, 0) is 50.9 Å². The zero-order valence-corrected chi connectivity index (χ0v) is 11.0. The predicted octanol–water partition coefficient (Wildman–Crippen LogP) is 3.19. The summed E-state index contributed by atoms with van der Waals surface area (Å²) in [5, 5.41) is 0. The van der Waals surface area contributed by atoms with E-state index in [0.717, 1.165) is 18.5 Å². The lowest BCUT2D eigenvalue weighted by Crippen LogP contribution is -2.31. The molecule has 2 nitrogen and oxygen atoms in total. The van der Waals surface area contributed by atoms with E-state index in [1.54, 1.807) is 6.07 Å². The van der Waals surface area contributed by atoms with Gasteiger partial charge in [-0.25, -0.2) is 4.39 Å². The second-order valence-electron chi connectivity index (χ2n) is 4.92. The van der Waals surface area contributed by atoms with E-state index in [1.807, 2.05) is 6.92 Å². The van der Waals surface area contributed by atoms with E-state index in [9.17, 15) is 4.39 Å². The molecule has 1 aromatic carbocycles. The number of hydrogen-bond donors (Lipinski definition) is 0. The Kier molecular flexibility index (Phi) is 5.00. The van der Waals surface area contributed by atoms with Gasteiger partial charge < -0.3 is 9.64 Å². The topological polar surface area (TPSA) is 12.5 Å². The number of ether oxygens (including phenoxy) is 1. The van der Waals surface area contributed by atoms with Crippen LogP contribution < -0.4 is 4.74 Å². The lowest BCUT2D eigenvalue weighted by atomic mass is 10.1. The maximum Gasteiger partial charge on any atom is 0.165 e. The zero-order chi connectivity index (χ0) is 12.8. The molecule has 0 aromatic heterocycles. The Labute approximate surface area is 109 Å². The Morgan fingerprint density at radius 2 is 2.06 bits per heavy atom. The van der Waals surface area contributed by atoms with Crippen LogP contribution in [0.2, 0.25) is 0 Å². The third-order valence-electron chi connectivity index (χ3n) is 3.32. The number of aryl methyl sites for hydroxylation is 1. The quantitative estimate of drug-likeness (QED) is 0.744. The summed E-state index contributed by atoms with van der Waals surface area (Å²) in [4.78, 5) is 2.46. The van der Waals surface area contributed by atoms with Gasteiger partial charge in [0, 0.05) is 12.6 Å². The average Bonchev–Trinajstić information content (AvgIpc) is 2.40. The Bertz CT molecular complexity index is 375. The highest BCUT2D eigenvalue weighted by molar-refractivity contribution is 5.27. The fourth-order valence-corrected chi connectivity index (χ4v) is 2.30. The number of nitrogens with zero attached hydrogens (tertiary/aromatic N) is 1. The molecule has 0 N–H and O–H groups in total. The van der Waals surface area contributed by atoms with Crippen LogP contribution in [-0.4, -0.2) is 31.1 Å². The van der Waals surface area contributed by atoms with Crippen LogP contribution in [0.5, 0.6) is 5.75 Å². The normalized spacial score (nSPS) is 16.8. The molecular formula is C15H21FNO. The number of rotatable bonds is 5. The fourth-order valence-electron chi connectivity index (χ4n) is 2.30. The maximum atomic E-state index is 13.4. The van der Waals surface area contributed by atoms with Crippen molar-refractivity contribution in [1.29, 1.82) is 0 Å². The van der Waals surface area contributed by atoms with E-state index < -0.39 is 0 Å². The Balaban J connectivity index is 1.69. The van der Waals surface area contributed by atoms with Gasteiger partial charge in [0.2, 0.25) is 0 Å². The van der Waals surface area contributed by atoms with Crippen LogP contribution in [0.4, 0.5) is 4.39 Å². The van der Waals surface area contributed by atoms with Gasteiger partial charge in [-0.1, -0.05) is 12.5 Å². The van der Waals surface area contributed by atoms with Crippen molar-refractivity contribution >= 4 is 0 Å². The average molecular weight is 250 g/mol. The molecule has 0 unspecified atom stereocenters. The highest BCUT2D eigenvalue weighted by Crippen LogP contribution is 2.17. The first kappa shape index (κ1) is 13.3. The summed E-state index contributed by atoms with van der Waals surface area (Å²) in [7, 11) is 0. The van der Waals surface area contributed by atoms with Crippen molar-refractivity contribution in [3.05, 3.63) is 29.6 Å². The number of likely N-dealkylation sites (tertiary alicyclic amines) is 1. The van der Waals surface area contributed by atoms with Gasteiger partial charge in [0.1, 0.15) is 0 Å². The first-order chi connectivity index (χ1) is 8.75. The minimum absolute atomic E-state index is 0.258. The molecule has 1 radical (unpaired) electrons. The molecule has 1 fully saturated rings. The highest BCUT2D eigenvalue weighted by atomic mass is 19.1. The van der Waals surface area contributed by atoms with Crippen molar-refractivity contribution in [1.82, 2.24) is 4.90 Å². The number of halogens is 1. The summed E-state index contributed by atoms with van der Waals surface area (Å²) in [6.07, 6.45) is 4.92. The zero-order valence-electron chi connectivity index (χ0n) is 11.0. The first-order valence-corrected chi connectivity index (χ1v) is 6.79. The molecular weight excluding hydrogens is 229 g/mol. The van der Waals surface area contributed by atoms with E-state index in [2.05, 4.69) is 11.0 Å². The van der Waals surface area contributed by atoms with E-state index >= 15 is 0 Å². The summed E-state index contributed by atoms with van der Waals surface area (Å²) in [6.45, 7) is 5.90. The van der Waals surface area contributed by atoms with Crippen LogP contribution in [0.1, 0.15) is 31.2 Å². The molecule has 2 rings (SSSR count). The van der Waals surface area contributed by atoms with E-state index in [0.29, 0.717) is 6.61 Å². The monoisotopic (exact) mass is 250 g/mol. The number of piperidine rings is 1. The van der Waals surface area contributed by atoms with Crippen molar-refractivity contribution in [3.8, 4) is 5.75 Å². The van der Waals surface area contributed by atoms with Crippen LogP contribution in [-0.2, 0) is 0 Å². The molecule has 1 heterocycles. The van der Waals surface area contributed by atoms with Gasteiger partial charge in [-0.3, -0.25) is 0 Å². The molecule has 0 atom stereocenters. The van der Waals surface area contributed by atoms with Gasteiger partial charge in [-0.2, -0.15) is 0 Å². The Hall–Kier alpha value is -1.09. The minimum atomic E-state index is -0.321. The van der Waals surface area contributed by atoms with E-state index in [-0.39, 0.29) is 11.6 Å². The Morgan fingerprint density at radius 1 is 1.28 bits per heavy atom. The lowest BCUT2D eigenvalue weighted by molar-refractivity contribution is 0.202. The van der Waals surface area contributed by atoms with Crippen molar-refractivity contribution in [2.24, 2.45) is 0 Å². The summed E-state index contributed by atoms with van der Waals surface area (Å²) < 4.78 is 18.8. The summed E-state index contributed by atoms with van der Waals surface area (Å²) >= 11 is 0. The van der Waals surface area contributed by atoms with Crippen molar-refractivity contribution in [2.45, 2.75) is 32.6 Å². The maximum absolute atomic E-state index is 13.4. The summed E-state index contributed by atoms with van der Waals surface area (Å²) in [5.74, 6) is -0.0628. The molecule has 0 amide bonds. The molecule has 1 aliphatic rings. The van der Waals surface area contributed by atoms with Crippen LogP contribution in [0, 0.1) is 18.8 Å². The largest absolute Gasteiger partial charge is 0.490 e. The summed E-state index contributed by atoms with van der Waals surface area (Å²) in [5.41, 5.74) is 0.905. The van der Waals surface area contributed by atoms with Gasteiger partial charge in [-0.15, -0.1) is 0 Å². The third kappa shape index (κ3) is 3.98. The third-order valence-corrected chi connectivity index (χ3v) is 3.32. The molecule has 0 bridgehead atoms. The standard InChI is InChI=1S/C15H21FNO/c1-13-6-7-14(16)15(12-13)18-11-5-10-17-8-3-2-4-9-17/h6-7H,2-5,8-11H2,1H3. The second kappa shape index (κ2) is 6.74. The molecule has 99 valence electrons. The molecule has 0 aliphatic carbocycles. The highest BCUT2D eigenvalue weighted by Gasteiger charge is 2.09. The predicted molar refractivity (Wildman–Crippen MR) is 70.4 cm³/mol. The van der Waals surface area contributed by atoms with Crippen LogP contribution >= 0.6 is 0 Å². The van der Waals surface area contributed by atoms with E-state index in [1.165, 1.54) is 38.4 Å². The molecule has 1 aliphatic heterocycles.